The molecule has 1 aromatic rings. The van der Waals surface area contributed by atoms with Crippen LogP contribution >= 0.6 is 11.6 Å². The van der Waals surface area contributed by atoms with E-state index in [1.165, 1.54) is 0 Å². The van der Waals surface area contributed by atoms with Crippen molar-refractivity contribution < 1.29 is 66.2 Å². The van der Waals surface area contributed by atoms with Gasteiger partial charge in [0, 0.05) is 11.9 Å². The molecule has 0 spiro atoms. The van der Waals surface area contributed by atoms with Crippen molar-refractivity contribution in [3.63, 3.8) is 0 Å². The summed E-state index contributed by atoms with van der Waals surface area (Å²) < 4.78 is 0.227. The van der Waals surface area contributed by atoms with E-state index in [9.17, 15) is 30.3 Å². The van der Waals surface area contributed by atoms with Crippen molar-refractivity contribution in [3.8, 4) is 0 Å². The van der Waals surface area contributed by atoms with Gasteiger partial charge in [0.2, 0.25) is 0 Å². The molecule has 0 saturated heterocycles. The molecule has 0 aromatic carbocycles. The molecule has 0 fully saturated rings. The van der Waals surface area contributed by atoms with E-state index in [1.54, 1.807) is 0 Å². The molecule has 0 amide bonds. The van der Waals surface area contributed by atoms with Crippen molar-refractivity contribution in [2.45, 2.75) is 5.88 Å². The van der Waals surface area contributed by atoms with Crippen LogP contribution in [0.25, 0.3) is 0 Å². The topological polar surface area (TPSA) is 147 Å². The van der Waals surface area contributed by atoms with E-state index in [1.807, 2.05) is 0 Å². The number of hydrogen-bond acceptors (Lipinski definition) is 7. The number of rotatable bonds is 5. The molecule has 0 unspecified atom stereocenters. The predicted molar refractivity (Wildman–Crippen MR) is 51.1 cm³/mol. The zero-order valence-corrected chi connectivity index (χ0v) is 12.7. The standard InChI is InChI=1S/C5H3ClN5O6.K/c6-2-3-1-4(9(12)13)7-8(3)5(10(14)15)11(16)17;/h1H,2H2;/q-1;+1. The van der Waals surface area contributed by atoms with Gasteiger partial charge in [0.1, 0.15) is 5.10 Å². The molecule has 18 heavy (non-hydrogen) atoms. The minimum Gasteiger partial charge on any atom is -0.358 e. The molecule has 1 aromatic heterocycles. The van der Waals surface area contributed by atoms with E-state index in [0.717, 1.165) is 6.07 Å². The van der Waals surface area contributed by atoms with Crippen LogP contribution in [-0.2, 0) is 5.88 Å². The smallest absolute Gasteiger partial charge is 0.358 e. The van der Waals surface area contributed by atoms with Crippen LogP contribution in [0.15, 0.2) is 6.07 Å². The number of nitrogens with zero attached hydrogens (tertiary/aromatic N) is 5. The van der Waals surface area contributed by atoms with Crippen LogP contribution < -0.4 is 51.4 Å². The molecule has 0 aliphatic rings. The molecule has 1 heterocycles. The summed E-state index contributed by atoms with van der Waals surface area (Å²) in [5.41, 5.74) is -0.221. The first-order chi connectivity index (χ1) is 7.88. The Morgan fingerprint density at radius 1 is 1.28 bits per heavy atom. The van der Waals surface area contributed by atoms with Gasteiger partial charge in [-0.15, -0.1) is 11.6 Å². The van der Waals surface area contributed by atoms with Gasteiger partial charge in [0.25, 0.3) is 0 Å². The predicted octanol–water partition coefficient (Wildman–Crippen LogP) is -2.62. The summed E-state index contributed by atoms with van der Waals surface area (Å²) in [6.45, 7) is 0. The summed E-state index contributed by atoms with van der Waals surface area (Å²) in [5, 5.41) is 34.4. The van der Waals surface area contributed by atoms with Crippen molar-refractivity contribution >= 4 is 17.4 Å². The molecule has 1 rings (SSSR count). The van der Waals surface area contributed by atoms with Crippen LogP contribution in [0.5, 0.6) is 0 Å². The Morgan fingerprint density at radius 3 is 2.11 bits per heavy atom. The van der Waals surface area contributed by atoms with Crippen LogP contribution in [0.1, 0.15) is 5.69 Å². The van der Waals surface area contributed by atoms with Crippen molar-refractivity contribution in [1.82, 2.24) is 9.78 Å². The molecule has 0 atom stereocenters. The summed E-state index contributed by atoms with van der Waals surface area (Å²) in [4.78, 5) is 27.7. The summed E-state index contributed by atoms with van der Waals surface area (Å²) in [5.74, 6) is -1.16. The van der Waals surface area contributed by atoms with Gasteiger partial charge in [0.15, 0.2) is 0 Å². The molecule has 13 heteroatoms. The zero-order valence-electron chi connectivity index (χ0n) is 8.85. The van der Waals surface area contributed by atoms with Crippen LogP contribution in [0.3, 0.4) is 0 Å². The third-order valence-corrected chi connectivity index (χ3v) is 1.88. The van der Waals surface area contributed by atoms with Gasteiger partial charge in [-0.1, -0.05) is 4.68 Å². The average Bonchev–Trinajstić information content (AvgIpc) is 2.60. The van der Waals surface area contributed by atoms with E-state index in [-0.39, 0.29) is 61.8 Å². The van der Waals surface area contributed by atoms with Gasteiger partial charge in [-0.2, -0.15) is 0 Å². The van der Waals surface area contributed by atoms with Crippen LogP contribution in [0.4, 0.5) is 5.82 Å². The van der Waals surface area contributed by atoms with Crippen molar-refractivity contribution in [3.05, 3.63) is 48.4 Å². The van der Waals surface area contributed by atoms with Gasteiger partial charge < -0.3 is 30.3 Å². The third kappa shape index (κ3) is 3.60. The maximum absolute atomic E-state index is 10.4. The van der Waals surface area contributed by atoms with Gasteiger partial charge in [0.05, 0.1) is 5.69 Å². The zero-order chi connectivity index (χ0) is 13.2. The van der Waals surface area contributed by atoms with Crippen LogP contribution in [0.2, 0.25) is 0 Å². The minimum absolute atomic E-state index is 0. The van der Waals surface area contributed by atoms with E-state index in [4.69, 9.17) is 11.6 Å². The van der Waals surface area contributed by atoms with Gasteiger partial charge in [-0.3, -0.25) is 0 Å². The molecule has 0 radical (unpaired) electrons. The second kappa shape index (κ2) is 6.96. The molecule has 0 aliphatic carbocycles. The summed E-state index contributed by atoms with van der Waals surface area (Å²) in [7, 11) is 0. The van der Waals surface area contributed by atoms with Crippen molar-refractivity contribution in [2.75, 3.05) is 0 Å². The Bertz CT molecular complexity index is 477. The second-order valence-electron chi connectivity index (χ2n) is 2.61. The molecule has 0 N–H and O–H groups in total. The normalized spacial score (nSPS) is 9.39. The molecule has 0 bridgehead atoms. The first-order valence-electron chi connectivity index (χ1n) is 3.84. The number of alkyl halides is 1. The number of hydrogen-bond donors (Lipinski definition) is 0. The van der Waals surface area contributed by atoms with Gasteiger partial charge >= 0.3 is 63.5 Å². The minimum atomic E-state index is -1.52. The monoisotopic (exact) mass is 303 g/mol. The van der Waals surface area contributed by atoms with E-state index in [2.05, 4.69) is 5.10 Å². The summed E-state index contributed by atoms with van der Waals surface area (Å²) >= 11 is 5.36. The van der Waals surface area contributed by atoms with Gasteiger partial charge in [-0.25, -0.2) is 0 Å². The molecular formula is C5H3ClKN5O6. The van der Waals surface area contributed by atoms with Crippen LogP contribution in [0, 0.1) is 36.6 Å². The van der Waals surface area contributed by atoms with Crippen molar-refractivity contribution in [1.29, 1.82) is 0 Å². The SMILES string of the molecule is O=[N+]([O-])c1cc(CCl)n([C-]([N+](=O)[O-])[N+](=O)[O-])n1.[K+]. The third-order valence-electron chi connectivity index (χ3n) is 1.61. The number of nitro groups is 3. The van der Waals surface area contributed by atoms with Crippen LogP contribution in [-0.4, -0.2) is 24.6 Å². The Kier molecular flexibility index (Phi) is 6.65. The van der Waals surface area contributed by atoms with Crippen molar-refractivity contribution in [2.24, 2.45) is 0 Å². The number of halogens is 1. The maximum atomic E-state index is 10.4. The van der Waals surface area contributed by atoms with Gasteiger partial charge in [-0.05, 0) is 14.8 Å². The Morgan fingerprint density at radius 2 is 1.78 bits per heavy atom. The fraction of sp³-hybridized carbons (Fsp3) is 0.200. The average molecular weight is 304 g/mol. The molecular weight excluding hydrogens is 301 g/mol. The number of aromatic nitrogens is 2. The second-order valence-corrected chi connectivity index (χ2v) is 2.88. The first kappa shape index (κ1) is 17.2. The summed E-state index contributed by atoms with van der Waals surface area (Å²) in [6.07, 6.45) is -1.52. The molecule has 11 nitrogen and oxygen atoms in total. The molecule has 0 aliphatic heterocycles. The van der Waals surface area contributed by atoms with E-state index >= 15 is 0 Å². The summed E-state index contributed by atoms with van der Waals surface area (Å²) in [6, 6.07) is 0.819. The first-order valence-corrected chi connectivity index (χ1v) is 4.37. The maximum Gasteiger partial charge on any atom is 1.00 e. The fourth-order valence-corrected chi connectivity index (χ4v) is 1.17. The Labute approximate surface area is 146 Å². The van der Waals surface area contributed by atoms with E-state index in [0.29, 0.717) is 0 Å². The Hall–Kier alpha value is -0.794. The quantitative estimate of drug-likeness (QED) is 0.190. The molecule has 0 saturated carbocycles. The largest absolute Gasteiger partial charge is 1.00 e. The Balaban J connectivity index is 0.00000289. The van der Waals surface area contributed by atoms with E-state index < -0.39 is 32.8 Å². The fourth-order valence-electron chi connectivity index (χ4n) is 0.985. The molecule has 92 valence electrons.